The van der Waals surface area contributed by atoms with Gasteiger partial charge in [-0.15, -0.1) is 0 Å². The van der Waals surface area contributed by atoms with Crippen molar-refractivity contribution in [2.45, 2.75) is 4.90 Å². The van der Waals surface area contributed by atoms with Crippen LogP contribution in [0.25, 0.3) is 0 Å². The number of nitrogens with zero attached hydrogens (tertiary/aromatic N) is 1. The molecule has 3 aromatic rings. The number of amides is 1. The second-order valence-corrected chi connectivity index (χ2v) is 8.54. The molecule has 1 N–H and O–H groups in total. The van der Waals surface area contributed by atoms with E-state index < -0.39 is 22.5 Å². The highest BCUT2D eigenvalue weighted by molar-refractivity contribution is 7.92. The molecule has 0 aliphatic carbocycles. The molecule has 1 amide bonds. The van der Waals surface area contributed by atoms with Gasteiger partial charge < -0.3 is 5.32 Å². The first kappa shape index (κ1) is 20.2. The Kier molecular flexibility index (Phi) is 6.24. The van der Waals surface area contributed by atoms with E-state index in [0.29, 0.717) is 10.7 Å². The maximum atomic E-state index is 13.2. The molecular weight excluding hydrogens is 419 g/mol. The molecule has 0 atom stereocenters. The molecule has 0 unspecified atom stereocenters. The fraction of sp³-hybridized carbons (Fsp3) is 0.0500. The Hall–Kier alpha value is -2.54. The lowest BCUT2D eigenvalue weighted by Gasteiger charge is -2.25. The molecule has 0 bridgehead atoms. The van der Waals surface area contributed by atoms with E-state index in [1.807, 2.05) is 6.07 Å². The third-order valence-corrected chi connectivity index (χ3v) is 6.18. The van der Waals surface area contributed by atoms with Crippen LogP contribution in [0.15, 0.2) is 83.8 Å². The number of sulfonamides is 1. The average molecular weight is 435 g/mol. The highest BCUT2D eigenvalue weighted by atomic mass is 35.5. The Balaban J connectivity index is 2.00. The Bertz CT molecular complexity index is 1080. The van der Waals surface area contributed by atoms with Crippen LogP contribution in [0.1, 0.15) is 0 Å². The molecule has 0 heterocycles. The number of para-hydroxylation sites is 1. The molecular formula is C20H16Cl2N2O3S. The average Bonchev–Trinajstić information content (AvgIpc) is 2.69. The Morgan fingerprint density at radius 3 is 2.14 bits per heavy atom. The van der Waals surface area contributed by atoms with Crippen molar-refractivity contribution < 1.29 is 13.2 Å². The molecule has 0 aliphatic heterocycles. The quantitative estimate of drug-likeness (QED) is 0.603. The van der Waals surface area contributed by atoms with E-state index in [1.54, 1.807) is 48.5 Å². The van der Waals surface area contributed by atoms with Gasteiger partial charge in [-0.2, -0.15) is 0 Å². The first-order chi connectivity index (χ1) is 13.4. The number of benzene rings is 3. The van der Waals surface area contributed by atoms with E-state index in [9.17, 15) is 13.2 Å². The predicted octanol–water partition coefficient (Wildman–Crippen LogP) is 4.83. The van der Waals surface area contributed by atoms with Gasteiger partial charge in [-0.05, 0) is 42.5 Å². The van der Waals surface area contributed by atoms with Crippen LogP contribution in [0.2, 0.25) is 10.0 Å². The highest BCUT2D eigenvalue weighted by Crippen LogP contribution is 2.33. The van der Waals surface area contributed by atoms with Gasteiger partial charge in [0, 0.05) is 10.7 Å². The van der Waals surface area contributed by atoms with Crippen molar-refractivity contribution in [1.82, 2.24) is 0 Å². The van der Waals surface area contributed by atoms with Crippen LogP contribution in [-0.2, 0) is 14.8 Å². The van der Waals surface area contributed by atoms with Crippen LogP contribution in [0.4, 0.5) is 11.4 Å². The lowest BCUT2D eigenvalue weighted by molar-refractivity contribution is -0.114. The third-order valence-electron chi connectivity index (χ3n) is 3.85. The lowest BCUT2D eigenvalue weighted by atomic mass is 10.3. The van der Waals surface area contributed by atoms with Crippen LogP contribution in [0, 0.1) is 0 Å². The number of anilines is 2. The lowest BCUT2D eigenvalue weighted by Crippen LogP contribution is -2.38. The maximum Gasteiger partial charge on any atom is 0.264 e. The van der Waals surface area contributed by atoms with Crippen LogP contribution in [-0.4, -0.2) is 20.9 Å². The summed E-state index contributed by atoms with van der Waals surface area (Å²) in [5.74, 6) is -0.512. The normalized spacial score (nSPS) is 11.1. The fourth-order valence-corrected chi connectivity index (χ4v) is 4.44. The number of hydrogen-bond acceptors (Lipinski definition) is 3. The minimum atomic E-state index is -4.05. The van der Waals surface area contributed by atoms with Crippen molar-refractivity contribution in [3.05, 3.63) is 88.9 Å². The van der Waals surface area contributed by atoms with E-state index in [-0.39, 0.29) is 15.6 Å². The first-order valence-electron chi connectivity index (χ1n) is 8.25. The summed E-state index contributed by atoms with van der Waals surface area (Å²) in [6.45, 7) is -0.466. The fourth-order valence-electron chi connectivity index (χ4n) is 2.55. The zero-order valence-corrected chi connectivity index (χ0v) is 16.9. The van der Waals surface area contributed by atoms with Gasteiger partial charge in [0.1, 0.15) is 6.54 Å². The third kappa shape index (κ3) is 4.65. The summed E-state index contributed by atoms with van der Waals surface area (Å²) < 4.78 is 27.4. The number of carbonyl (C=O) groups excluding carboxylic acids is 1. The number of hydrogen-bond donors (Lipinski definition) is 1. The largest absolute Gasteiger partial charge is 0.325 e. The summed E-state index contributed by atoms with van der Waals surface area (Å²) in [4.78, 5) is 12.6. The van der Waals surface area contributed by atoms with Gasteiger partial charge >= 0.3 is 0 Å². The van der Waals surface area contributed by atoms with Crippen LogP contribution in [0.3, 0.4) is 0 Å². The van der Waals surface area contributed by atoms with Gasteiger partial charge in [0.25, 0.3) is 10.0 Å². The van der Waals surface area contributed by atoms with Crippen LogP contribution in [0.5, 0.6) is 0 Å². The Morgan fingerprint density at radius 2 is 1.50 bits per heavy atom. The summed E-state index contributed by atoms with van der Waals surface area (Å²) in [5.41, 5.74) is 0.683. The molecule has 0 saturated carbocycles. The second kappa shape index (κ2) is 8.65. The second-order valence-electron chi connectivity index (χ2n) is 5.83. The van der Waals surface area contributed by atoms with E-state index in [4.69, 9.17) is 23.2 Å². The SMILES string of the molecule is O=C(CN(c1cc(Cl)ccc1Cl)S(=O)(=O)c1ccccc1)Nc1ccccc1. The van der Waals surface area contributed by atoms with Gasteiger partial charge in [-0.1, -0.05) is 59.6 Å². The van der Waals surface area contributed by atoms with Crippen molar-refractivity contribution in [1.29, 1.82) is 0 Å². The van der Waals surface area contributed by atoms with Crippen LogP contribution >= 0.6 is 23.2 Å². The molecule has 8 heteroatoms. The maximum absolute atomic E-state index is 13.2. The van der Waals surface area contributed by atoms with E-state index in [2.05, 4.69) is 5.32 Å². The summed E-state index contributed by atoms with van der Waals surface area (Å²) in [5, 5.41) is 3.14. The molecule has 3 aromatic carbocycles. The molecule has 28 heavy (non-hydrogen) atoms. The molecule has 144 valence electrons. The van der Waals surface area contributed by atoms with Gasteiger partial charge in [-0.3, -0.25) is 9.10 Å². The number of nitrogens with one attached hydrogen (secondary N) is 1. The molecule has 3 rings (SSSR count). The molecule has 0 spiro atoms. The Labute approximate surface area is 173 Å². The van der Waals surface area contributed by atoms with Crippen molar-refractivity contribution in [3.63, 3.8) is 0 Å². The molecule has 0 aliphatic rings. The van der Waals surface area contributed by atoms with Crippen molar-refractivity contribution in [3.8, 4) is 0 Å². The predicted molar refractivity (Wildman–Crippen MR) is 113 cm³/mol. The molecule has 5 nitrogen and oxygen atoms in total. The van der Waals surface area contributed by atoms with Gasteiger partial charge in [0.15, 0.2) is 0 Å². The number of rotatable bonds is 6. The molecule has 0 fully saturated rings. The Morgan fingerprint density at radius 1 is 0.893 bits per heavy atom. The van der Waals surface area contributed by atoms with Gasteiger partial charge in [-0.25, -0.2) is 8.42 Å². The van der Waals surface area contributed by atoms with E-state index in [1.165, 1.54) is 24.3 Å². The van der Waals surface area contributed by atoms with Crippen molar-refractivity contribution >= 4 is 50.5 Å². The standard InChI is InChI=1S/C20H16Cl2N2O3S/c21-15-11-12-18(22)19(13-15)24(28(26,27)17-9-5-2-6-10-17)14-20(25)23-16-7-3-1-4-8-16/h1-13H,14H2,(H,23,25). The summed E-state index contributed by atoms with van der Waals surface area (Å²) in [6.07, 6.45) is 0. The number of halogens is 2. The number of carbonyl (C=O) groups is 1. The minimum Gasteiger partial charge on any atom is -0.325 e. The van der Waals surface area contributed by atoms with Gasteiger partial charge in [0.05, 0.1) is 15.6 Å². The zero-order valence-electron chi connectivity index (χ0n) is 14.5. The van der Waals surface area contributed by atoms with Crippen molar-refractivity contribution in [2.24, 2.45) is 0 Å². The zero-order chi connectivity index (χ0) is 20.1. The molecule has 0 saturated heterocycles. The summed E-state index contributed by atoms with van der Waals surface area (Å²) >= 11 is 12.3. The monoisotopic (exact) mass is 434 g/mol. The van der Waals surface area contributed by atoms with Gasteiger partial charge in [0.2, 0.25) is 5.91 Å². The molecule has 0 aromatic heterocycles. The topological polar surface area (TPSA) is 66.5 Å². The van der Waals surface area contributed by atoms with E-state index in [0.717, 1.165) is 4.31 Å². The van der Waals surface area contributed by atoms with Crippen LogP contribution < -0.4 is 9.62 Å². The smallest absolute Gasteiger partial charge is 0.264 e. The van der Waals surface area contributed by atoms with Crippen molar-refractivity contribution in [2.75, 3.05) is 16.2 Å². The highest BCUT2D eigenvalue weighted by Gasteiger charge is 2.29. The molecule has 0 radical (unpaired) electrons. The van der Waals surface area contributed by atoms with E-state index >= 15 is 0 Å². The first-order valence-corrected chi connectivity index (χ1v) is 10.5. The minimum absolute atomic E-state index is 0.0403. The summed E-state index contributed by atoms with van der Waals surface area (Å²) in [7, 11) is -4.05. The summed E-state index contributed by atoms with van der Waals surface area (Å²) in [6, 6.07) is 21.0.